The predicted octanol–water partition coefficient (Wildman–Crippen LogP) is 2.69. The molecule has 2 aromatic carbocycles. The van der Waals surface area contributed by atoms with Crippen molar-refractivity contribution in [2.75, 3.05) is 24.4 Å². The van der Waals surface area contributed by atoms with Crippen LogP contribution in [0.15, 0.2) is 47.4 Å². The Labute approximate surface area is 172 Å². The molecule has 0 heterocycles. The normalized spacial score (nSPS) is 10.7. The van der Waals surface area contributed by atoms with Crippen LogP contribution in [0.1, 0.15) is 29.3 Å². The first kappa shape index (κ1) is 23.7. The van der Waals surface area contributed by atoms with Crippen molar-refractivity contribution in [3.05, 3.63) is 53.6 Å². The minimum absolute atomic E-state index is 0. The van der Waals surface area contributed by atoms with Gasteiger partial charge in [-0.05, 0) is 68.8 Å². The fourth-order valence-corrected chi connectivity index (χ4v) is 3.50. The Bertz CT molecular complexity index is 887. The number of nitrogens with two attached hydrogens (primary N) is 1. The number of anilines is 1. The van der Waals surface area contributed by atoms with E-state index in [0.717, 1.165) is 0 Å². The molecule has 2 rings (SSSR count). The molecule has 154 valence electrons. The first-order valence-electron chi connectivity index (χ1n) is 8.72. The van der Waals surface area contributed by atoms with Crippen molar-refractivity contribution < 1.29 is 17.9 Å². The molecule has 1 amide bonds. The molecular weight excluding hydrogens is 402 g/mol. The van der Waals surface area contributed by atoms with E-state index in [-0.39, 0.29) is 23.2 Å². The Morgan fingerprint density at radius 3 is 2.43 bits per heavy atom. The second-order valence-electron chi connectivity index (χ2n) is 5.94. The van der Waals surface area contributed by atoms with Gasteiger partial charge in [0.15, 0.2) is 0 Å². The summed E-state index contributed by atoms with van der Waals surface area (Å²) in [6.45, 7) is 5.08. The maximum Gasteiger partial charge on any atom is 0.261 e. The number of benzene rings is 2. The van der Waals surface area contributed by atoms with E-state index >= 15 is 0 Å². The van der Waals surface area contributed by atoms with Gasteiger partial charge in [0.2, 0.25) is 0 Å². The lowest BCUT2D eigenvalue weighted by Crippen LogP contribution is -2.27. The second-order valence-corrected chi connectivity index (χ2v) is 7.62. The number of hydrogen-bond acceptors (Lipinski definition) is 5. The van der Waals surface area contributed by atoms with Crippen molar-refractivity contribution in [3.63, 3.8) is 0 Å². The number of aryl methyl sites for hydroxylation is 1. The van der Waals surface area contributed by atoms with Crippen LogP contribution >= 0.6 is 12.4 Å². The fraction of sp³-hybridized carbons (Fsp3) is 0.316. The SMILES string of the molecule is CCOc1ccc(NS(=O)(=O)c2ccc(C)c(C(=O)NCCCN)c2)cc1.Cl. The van der Waals surface area contributed by atoms with Gasteiger partial charge in [-0.3, -0.25) is 9.52 Å². The summed E-state index contributed by atoms with van der Waals surface area (Å²) in [6.07, 6.45) is 0.655. The van der Waals surface area contributed by atoms with Crippen molar-refractivity contribution in [3.8, 4) is 5.75 Å². The summed E-state index contributed by atoms with van der Waals surface area (Å²) in [5, 5.41) is 2.74. The van der Waals surface area contributed by atoms with Gasteiger partial charge in [-0.25, -0.2) is 8.42 Å². The number of rotatable bonds is 9. The van der Waals surface area contributed by atoms with E-state index in [2.05, 4.69) is 10.0 Å². The predicted molar refractivity (Wildman–Crippen MR) is 113 cm³/mol. The summed E-state index contributed by atoms with van der Waals surface area (Å²) in [6, 6.07) is 11.1. The summed E-state index contributed by atoms with van der Waals surface area (Å²) < 4.78 is 33.2. The Morgan fingerprint density at radius 2 is 1.82 bits per heavy atom. The molecule has 0 fully saturated rings. The van der Waals surface area contributed by atoms with Crippen LogP contribution in [0.4, 0.5) is 5.69 Å². The largest absolute Gasteiger partial charge is 0.494 e. The summed E-state index contributed by atoms with van der Waals surface area (Å²) in [5.41, 5.74) is 6.84. The third-order valence-electron chi connectivity index (χ3n) is 3.85. The van der Waals surface area contributed by atoms with Gasteiger partial charge in [0.25, 0.3) is 15.9 Å². The molecule has 0 saturated heterocycles. The van der Waals surface area contributed by atoms with Crippen LogP contribution in [-0.2, 0) is 10.0 Å². The van der Waals surface area contributed by atoms with E-state index in [0.29, 0.717) is 48.7 Å². The summed E-state index contributed by atoms with van der Waals surface area (Å²) in [5.74, 6) is 0.339. The molecule has 0 aliphatic carbocycles. The molecule has 0 saturated carbocycles. The van der Waals surface area contributed by atoms with E-state index in [1.807, 2.05) is 6.92 Å². The van der Waals surface area contributed by atoms with E-state index in [1.54, 1.807) is 37.3 Å². The van der Waals surface area contributed by atoms with Crippen LogP contribution in [0.2, 0.25) is 0 Å². The summed E-state index contributed by atoms with van der Waals surface area (Å²) in [4.78, 5) is 12.3. The molecule has 0 spiro atoms. The second kappa shape index (κ2) is 10.9. The van der Waals surface area contributed by atoms with Crippen molar-refractivity contribution in [1.82, 2.24) is 5.32 Å². The number of ether oxygens (including phenoxy) is 1. The van der Waals surface area contributed by atoms with Gasteiger partial charge in [-0.2, -0.15) is 0 Å². The first-order chi connectivity index (χ1) is 12.9. The van der Waals surface area contributed by atoms with Crippen LogP contribution in [0, 0.1) is 6.92 Å². The quantitative estimate of drug-likeness (QED) is 0.533. The van der Waals surface area contributed by atoms with Gasteiger partial charge in [0.1, 0.15) is 5.75 Å². The number of carbonyl (C=O) groups is 1. The third-order valence-corrected chi connectivity index (χ3v) is 5.23. The number of carbonyl (C=O) groups excluding carboxylic acids is 1. The highest BCUT2D eigenvalue weighted by molar-refractivity contribution is 7.92. The average molecular weight is 428 g/mol. The van der Waals surface area contributed by atoms with E-state index in [9.17, 15) is 13.2 Å². The number of halogens is 1. The standard InChI is InChI=1S/C19H25N3O4S.ClH/c1-3-26-16-8-6-15(7-9-16)22-27(24,25)17-10-5-14(2)18(13-17)19(23)21-12-4-11-20;/h5-10,13,22H,3-4,11-12,20H2,1-2H3,(H,21,23);1H. The zero-order valence-electron chi connectivity index (χ0n) is 15.9. The van der Waals surface area contributed by atoms with Crippen molar-refractivity contribution in [2.45, 2.75) is 25.2 Å². The lowest BCUT2D eigenvalue weighted by molar-refractivity contribution is 0.0952. The monoisotopic (exact) mass is 427 g/mol. The van der Waals surface area contributed by atoms with Gasteiger partial charge in [0, 0.05) is 17.8 Å². The molecule has 0 radical (unpaired) electrons. The Balaban J connectivity index is 0.00000392. The maximum absolute atomic E-state index is 12.7. The zero-order chi connectivity index (χ0) is 19.9. The fourth-order valence-electron chi connectivity index (χ4n) is 2.41. The van der Waals surface area contributed by atoms with Gasteiger partial charge < -0.3 is 15.8 Å². The maximum atomic E-state index is 12.7. The highest BCUT2D eigenvalue weighted by Gasteiger charge is 2.18. The van der Waals surface area contributed by atoms with Crippen molar-refractivity contribution in [1.29, 1.82) is 0 Å². The molecular formula is C19H26ClN3O4S. The lowest BCUT2D eigenvalue weighted by atomic mass is 10.1. The molecule has 4 N–H and O–H groups in total. The number of sulfonamides is 1. The molecule has 28 heavy (non-hydrogen) atoms. The van der Waals surface area contributed by atoms with Crippen LogP contribution < -0.4 is 20.5 Å². The molecule has 2 aromatic rings. The summed E-state index contributed by atoms with van der Waals surface area (Å²) in [7, 11) is -3.83. The molecule has 0 aliphatic rings. The zero-order valence-corrected chi connectivity index (χ0v) is 17.5. The molecule has 9 heteroatoms. The minimum Gasteiger partial charge on any atom is -0.494 e. The summed E-state index contributed by atoms with van der Waals surface area (Å²) >= 11 is 0. The van der Waals surface area contributed by atoms with E-state index in [1.165, 1.54) is 12.1 Å². The Morgan fingerprint density at radius 1 is 1.14 bits per heavy atom. The van der Waals surface area contributed by atoms with Gasteiger partial charge in [0.05, 0.1) is 11.5 Å². The molecule has 0 bridgehead atoms. The van der Waals surface area contributed by atoms with Crippen LogP contribution in [0.25, 0.3) is 0 Å². The highest BCUT2D eigenvalue weighted by Crippen LogP contribution is 2.21. The third kappa shape index (κ3) is 6.40. The highest BCUT2D eigenvalue weighted by atomic mass is 35.5. The minimum atomic E-state index is -3.83. The number of hydrogen-bond donors (Lipinski definition) is 3. The van der Waals surface area contributed by atoms with Crippen molar-refractivity contribution >= 4 is 34.0 Å². The molecule has 7 nitrogen and oxygen atoms in total. The Kier molecular flexibility index (Phi) is 9.24. The van der Waals surface area contributed by atoms with Crippen LogP contribution in [-0.4, -0.2) is 34.0 Å². The molecule has 0 aliphatic heterocycles. The van der Waals surface area contributed by atoms with Crippen LogP contribution in [0.5, 0.6) is 5.75 Å². The van der Waals surface area contributed by atoms with Gasteiger partial charge >= 0.3 is 0 Å². The van der Waals surface area contributed by atoms with E-state index in [4.69, 9.17) is 10.5 Å². The van der Waals surface area contributed by atoms with Crippen LogP contribution in [0.3, 0.4) is 0 Å². The average Bonchev–Trinajstić information content (AvgIpc) is 2.63. The molecule has 0 aromatic heterocycles. The van der Waals surface area contributed by atoms with Gasteiger partial charge in [-0.1, -0.05) is 6.07 Å². The van der Waals surface area contributed by atoms with Gasteiger partial charge in [-0.15, -0.1) is 12.4 Å². The number of amides is 1. The molecule has 0 atom stereocenters. The lowest BCUT2D eigenvalue weighted by Gasteiger charge is -2.12. The Hall–Kier alpha value is -2.29. The van der Waals surface area contributed by atoms with Crippen molar-refractivity contribution in [2.24, 2.45) is 5.73 Å². The smallest absolute Gasteiger partial charge is 0.261 e. The first-order valence-corrected chi connectivity index (χ1v) is 10.2. The number of nitrogens with one attached hydrogen (secondary N) is 2. The topological polar surface area (TPSA) is 111 Å². The molecule has 0 unspecified atom stereocenters. The van der Waals surface area contributed by atoms with E-state index < -0.39 is 10.0 Å².